The summed E-state index contributed by atoms with van der Waals surface area (Å²) in [6.07, 6.45) is 1.63. The molecule has 4 nitrogen and oxygen atoms in total. The summed E-state index contributed by atoms with van der Waals surface area (Å²) in [4.78, 5) is 11.8. The summed E-state index contributed by atoms with van der Waals surface area (Å²) in [5.41, 5.74) is 2.32. The molecule has 0 saturated heterocycles. The molecule has 1 heterocycles. The van der Waals surface area contributed by atoms with Crippen molar-refractivity contribution in [3.05, 3.63) is 59.5 Å². The molecule has 2 N–H and O–H groups in total. The number of hydrogen-bond acceptors (Lipinski definition) is 3. The Balaban J connectivity index is 1.75. The van der Waals surface area contributed by atoms with E-state index >= 15 is 0 Å². The van der Waals surface area contributed by atoms with E-state index in [1.54, 1.807) is 6.26 Å². The zero-order chi connectivity index (χ0) is 14.4. The molecular formula is C16H20N2O2. The van der Waals surface area contributed by atoms with Crippen LogP contribution >= 0.6 is 0 Å². The third-order valence-corrected chi connectivity index (χ3v) is 3.28. The fraction of sp³-hybridized carbons (Fsp3) is 0.312. The SMILES string of the molecule is Cc1ccccc1CNC(=O)CN[C@@H](C)c1ccco1. The van der Waals surface area contributed by atoms with Crippen LogP contribution in [0.3, 0.4) is 0 Å². The highest BCUT2D eigenvalue weighted by atomic mass is 16.3. The molecule has 0 fully saturated rings. The van der Waals surface area contributed by atoms with Gasteiger partial charge in [0.05, 0.1) is 18.8 Å². The monoisotopic (exact) mass is 272 g/mol. The van der Waals surface area contributed by atoms with Crippen LogP contribution in [0.2, 0.25) is 0 Å². The van der Waals surface area contributed by atoms with Crippen molar-refractivity contribution >= 4 is 5.91 Å². The molecule has 2 aromatic rings. The highest BCUT2D eigenvalue weighted by Crippen LogP contribution is 2.11. The first-order valence-corrected chi connectivity index (χ1v) is 6.75. The first-order valence-electron chi connectivity index (χ1n) is 6.75. The van der Waals surface area contributed by atoms with Crippen molar-refractivity contribution in [2.45, 2.75) is 26.4 Å². The molecule has 1 amide bonds. The zero-order valence-electron chi connectivity index (χ0n) is 11.8. The second kappa shape index (κ2) is 6.91. The summed E-state index contributed by atoms with van der Waals surface area (Å²) in [5, 5.41) is 6.04. The minimum Gasteiger partial charge on any atom is -0.468 e. The molecule has 2 rings (SSSR count). The Morgan fingerprint density at radius 1 is 1.25 bits per heavy atom. The molecule has 106 valence electrons. The molecule has 0 bridgehead atoms. The molecule has 0 radical (unpaired) electrons. The van der Waals surface area contributed by atoms with Crippen LogP contribution in [0.15, 0.2) is 47.1 Å². The number of benzene rings is 1. The van der Waals surface area contributed by atoms with Gasteiger partial charge in [0.15, 0.2) is 0 Å². The van der Waals surface area contributed by atoms with Gasteiger partial charge in [-0.2, -0.15) is 0 Å². The first-order chi connectivity index (χ1) is 9.66. The van der Waals surface area contributed by atoms with E-state index in [1.165, 1.54) is 5.56 Å². The van der Waals surface area contributed by atoms with Crippen LogP contribution in [0.25, 0.3) is 0 Å². The van der Waals surface area contributed by atoms with Crippen molar-refractivity contribution < 1.29 is 9.21 Å². The number of amides is 1. The van der Waals surface area contributed by atoms with E-state index in [0.717, 1.165) is 11.3 Å². The first kappa shape index (κ1) is 14.3. The van der Waals surface area contributed by atoms with E-state index in [2.05, 4.69) is 10.6 Å². The van der Waals surface area contributed by atoms with Crippen molar-refractivity contribution in [1.29, 1.82) is 0 Å². The molecule has 1 aromatic carbocycles. The van der Waals surface area contributed by atoms with Crippen LogP contribution in [-0.4, -0.2) is 12.5 Å². The summed E-state index contributed by atoms with van der Waals surface area (Å²) < 4.78 is 5.28. The van der Waals surface area contributed by atoms with Gasteiger partial charge in [0.2, 0.25) is 5.91 Å². The molecule has 1 aromatic heterocycles. The highest BCUT2D eigenvalue weighted by Gasteiger charge is 2.09. The summed E-state index contributed by atoms with van der Waals surface area (Å²) in [6.45, 7) is 4.84. The topological polar surface area (TPSA) is 54.3 Å². The third-order valence-electron chi connectivity index (χ3n) is 3.28. The molecule has 0 aliphatic carbocycles. The van der Waals surface area contributed by atoms with E-state index in [9.17, 15) is 4.79 Å². The maximum atomic E-state index is 11.8. The van der Waals surface area contributed by atoms with Crippen LogP contribution in [0.4, 0.5) is 0 Å². The molecule has 0 aliphatic rings. The van der Waals surface area contributed by atoms with Crippen LogP contribution in [0, 0.1) is 6.92 Å². The Morgan fingerprint density at radius 2 is 2.05 bits per heavy atom. The molecular weight excluding hydrogens is 252 g/mol. The van der Waals surface area contributed by atoms with Crippen molar-refractivity contribution in [2.24, 2.45) is 0 Å². The molecule has 20 heavy (non-hydrogen) atoms. The van der Waals surface area contributed by atoms with Gasteiger partial charge >= 0.3 is 0 Å². The second-order valence-electron chi connectivity index (χ2n) is 4.82. The maximum Gasteiger partial charge on any atom is 0.234 e. The Kier molecular flexibility index (Phi) is 4.96. The lowest BCUT2D eigenvalue weighted by molar-refractivity contribution is -0.120. The number of furan rings is 1. The average molecular weight is 272 g/mol. The van der Waals surface area contributed by atoms with Crippen molar-refractivity contribution in [3.8, 4) is 0 Å². The molecule has 1 atom stereocenters. The van der Waals surface area contributed by atoms with Gasteiger partial charge in [-0.3, -0.25) is 10.1 Å². The Hall–Kier alpha value is -2.07. The van der Waals surface area contributed by atoms with E-state index in [4.69, 9.17) is 4.42 Å². The summed E-state index contributed by atoms with van der Waals surface area (Å²) in [6, 6.07) is 11.8. The molecule has 0 unspecified atom stereocenters. The lowest BCUT2D eigenvalue weighted by Gasteiger charge is -2.12. The summed E-state index contributed by atoms with van der Waals surface area (Å²) in [7, 11) is 0. The maximum absolute atomic E-state index is 11.8. The second-order valence-corrected chi connectivity index (χ2v) is 4.82. The van der Waals surface area contributed by atoms with Crippen LogP contribution in [0.1, 0.15) is 29.9 Å². The van der Waals surface area contributed by atoms with Crippen LogP contribution in [0.5, 0.6) is 0 Å². The Labute approximate surface area is 119 Å². The zero-order valence-corrected chi connectivity index (χ0v) is 11.8. The van der Waals surface area contributed by atoms with Crippen molar-refractivity contribution in [3.63, 3.8) is 0 Å². The molecule has 0 aliphatic heterocycles. The third kappa shape index (κ3) is 3.96. The summed E-state index contributed by atoms with van der Waals surface area (Å²) >= 11 is 0. The Morgan fingerprint density at radius 3 is 2.75 bits per heavy atom. The van der Waals surface area contributed by atoms with E-state index < -0.39 is 0 Å². The lowest BCUT2D eigenvalue weighted by atomic mass is 10.1. The number of carbonyl (C=O) groups is 1. The van der Waals surface area contributed by atoms with Gasteiger partial charge < -0.3 is 9.73 Å². The standard InChI is InChI=1S/C16H20N2O2/c1-12-6-3-4-7-14(12)10-18-16(19)11-17-13(2)15-8-5-9-20-15/h3-9,13,17H,10-11H2,1-2H3,(H,18,19)/t13-/m0/s1. The molecule has 0 saturated carbocycles. The predicted molar refractivity (Wildman–Crippen MR) is 78.2 cm³/mol. The summed E-state index contributed by atoms with van der Waals surface area (Å²) in [5.74, 6) is 0.809. The fourth-order valence-electron chi connectivity index (χ4n) is 1.95. The van der Waals surface area contributed by atoms with Crippen LogP contribution < -0.4 is 10.6 Å². The van der Waals surface area contributed by atoms with Gasteiger partial charge in [0, 0.05) is 6.54 Å². The molecule has 0 spiro atoms. The average Bonchev–Trinajstić information content (AvgIpc) is 2.98. The van der Waals surface area contributed by atoms with E-state index in [1.807, 2.05) is 50.2 Å². The fourth-order valence-corrected chi connectivity index (χ4v) is 1.95. The van der Waals surface area contributed by atoms with Gasteiger partial charge in [-0.25, -0.2) is 0 Å². The Bertz CT molecular complexity index is 549. The lowest BCUT2D eigenvalue weighted by Crippen LogP contribution is -2.34. The number of carbonyl (C=O) groups excluding carboxylic acids is 1. The minimum atomic E-state index is -0.0216. The van der Waals surface area contributed by atoms with Gasteiger partial charge in [-0.1, -0.05) is 24.3 Å². The van der Waals surface area contributed by atoms with Gasteiger partial charge in [0.1, 0.15) is 5.76 Å². The van der Waals surface area contributed by atoms with Gasteiger partial charge in [-0.15, -0.1) is 0 Å². The number of rotatable bonds is 6. The minimum absolute atomic E-state index is 0.0216. The van der Waals surface area contributed by atoms with Crippen LogP contribution in [-0.2, 0) is 11.3 Å². The van der Waals surface area contributed by atoms with Gasteiger partial charge in [-0.05, 0) is 37.1 Å². The number of aryl methyl sites for hydroxylation is 1. The quantitative estimate of drug-likeness (QED) is 0.849. The largest absolute Gasteiger partial charge is 0.468 e. The van der Waals surface area contributed by atoms with Crippen molar-refractivity contribution in [2.75, 3.05) is 6.54 Å². The van der Waals surface area contributed by atoms with Crippen molar-refractivity contribution in [1.82, 2.24) is 10.6 Å². The number of nitrogens with one attached hydrogen (secondary N) is 2. The normalized spacial score (nSPS) is 12.1. The smallest absolute Gasteiger partial charge is 0.234 e. The van der Waals surface area contributed by atoms with Gasteiger partial charge in [0.25, 0.3) is 0 Å². The van der Waals surface area contributed by atoms with E-state index in [-0.39, 0.29) is 18.5 Å². The highest BCUT2D eigenvalue weighted by molar-refractivity contribution is 5.78. The molecule has 4 heteroatoms. The predicted octanol–water partition coefficient (Wildman–Crippen LogP) is 2.56. The van der Waals surface area contributed by atoms with E-state index in [0.29, 0.717) is 6.54 Å². The number of hydrogen-bond donors (Lipinski definition) is 2.